The van der Waals surface area contributed by atoms with E-state index in [9.17, 15) is 0 Å². The Labute approximate surface area is 87.6 Å². The summed E-state index contributed by atoms with van der Waals surface area (Å²) in [4.78, 5) is 0. The van der Waals surface area contributed by atoms with Crippen LogP contribution < -0.4 is 0 Å². The van der Waals surface area contributed by atoms with E-state index in [4.69, 9.17) is 28.3 Å². The first-order chi connectivity index (χ1) is 6.25. The summed E-state index contributed by atoms with van der Waals surface area (Å²) in [5, 5.41) is 8.70. The number of hydrogen-bond donors (Lipinski definition) is 1. The summed E-state index contributed by atoms with van der Waals surface area (Å²) < 4.78 is 0. The number of allylic oxidation sites excluding steroid dienone is 1. The quantitative estimate of drug-likeness (QED) is 0.771. The molecule has 0 heterocycles. The van der Waals surface area contributed by atoms with Crippen LogP contribution in [0.4, 0.5) is 0 Å². The molecule has 1 rings (SSSR count). The van der Waals surface area contributed by atoms with Crippen LogP contribution in [0, 0.1) is 0 Å². The topological polar surface area (TPSA) is 20.2 Å². The Morgan fingerprint density at radius 1 is 1.38 bits per heavy atom. The summed E-state index contributed by atoms with van der Waals surface area (Å²) in [5.41, 5.74) is 0.930. The van der Waals surface area contributed by atoms with Gasteiger partial charge in [0.1, 0.15) is 0 Å². The highest BCUT2D eigenvalue weighted by Crippen LogP contribution is 2.30. The van der Waals surface area contributed by atoms with Gasteiger partial charge in [0.25, 0.3) is 0 Å². The van der Waals surface area contributed by atoms with Gasteiger partial charge in [-0.3, -0.25) is 0 Å². The molecule has 0 saturated carbocycles. The van der Waals surface area contributed by atoms with Gasteiger partial charge in [0.2, 0.25) is 0 Å². The second-order valence-corrected chi connectivity index (χ2v) is 3.42. The fourth-order valence-electron chi connectivity index (χ4n) is 0.972. The second-order valence-electron chi connectivity index (χ2n) is 2.54. The van der Waals surface area contributed by atoms with E-state index in [1.54, 1.807) is 0 Å². The average molecular weight is 217 g/mol. The largest absolute Gasteiger partial charge is 0.392 e. The van der Waals surface area contributed by atoms with E-state index in [0.717, 1.165) is 5.56 Å². The van der Waals surface area contributed by atoms with Gasteiger partial charge in [-0.2, -0.15) is 0 Å². The molecule has 1 aromatic carbocycles. The summed E-state index contributed by atoms with van der Waals surface area (Å²) in [6, 6.07) is 9.49. The maximum atomic E-state index is 8.61. The van der Waals surface area contributed by atoms with E-state index in [2.05, 4.69) is 0 Å². The number of aliphatic hydroxyl groups is 1. The van der Waals surface area contributed by atoms with Crippen LogP contribution in [0.15, 0.2) is 41.4 Å². The van der Waals surface area contributed by atoms with E-state index in [1.807, 2.05) is 30.3 Å². The molecule has 13 heavy (non-hydrogen) atoms. The highest BCUT2D eigenvalue weighted by atomic mass is 35.5. The fourth-order valence-corrected chi connectivity index (χ4v) is 1.40. The van der Waals surface area contributed by atoms with Crippen molar-refractivity contribution in [3.8, 4) is 0 Å². The maximum absolute atomic E-state index is 8.61. The van der Waals surface area contributed by atoms with Crippen molar-refractivity contribution < 1.29 is 5.11 Å². The lowest BCUT2D eigenvalue weighted by molar-refractivity contribution is 0.342. The zero-order chi connectivity index (χ0) is 9.68. The minimum Gasteiger partial charge on any atom is -0.392 e. The second kappa shape index (κ2) is 5.28. The molecule has 1 aromatic rings. The highest BCUT2D eigenvalue weighted by molar-refractivity contribution is 6.37. The number of aliphatic hydroxyl groups excluding tert-OH is 1. The molecule has 0 spiro atoms. The molecule has 1 atom stereocenters. The first-order valence-corrected chi connectivity index (χ1v) is 4.72. The Morgan fingerprint density at radius 3 is 2.54 bits per heavy atom. The molecule has 0 aromatic heterocycles. The first-order valence-electron chi connectivity index (χ1n) is 3.91. The van der Waals surface area contributed by atoms with Crippen LogP contribution >= 0.6 is 23.2 Å². The zero-order valence-electron chi connectivity index (χ0n) is 6.95. The molecule has 0 amide bonds. The van der Waals surface area contributed by atoms with Gasteiger partial charge in [0.05, 0.1) is 12.0 Å². The molecule has 0 bridgehead atoms. The Balaban J connectivity index is 2.79. The number of rotatable bonds is 3. The van der Waals surface area contributed by atoms with Crippen LogP contribution in [0.1, 0.15) is 10.9 Å². The molecule has 0 aliphatic carbocycles. The molecular formula is C10H10Cl2O. The van der Waals surface area contributed by atoms with Crippen LogP contribution in [0.5, 0.6) is 0 Å². The van der Waals surface area contributed by atoms with Crippen molar-refractivity contribution in [2.75, 3.05) is 6.61 Å². The molecule has 0 fully saturated rings. The number of halogens is 2. The molecule has 0 radical (unpaired) electrons. The van der Waals surface area contributed by atoms with Crippen molar-refractivity contribution in [1.29, 1.82) is 0 Å². The van der Waals surface area contributed by atoms with E-state index in [0.29, 0.717) is 5.03 Å². The predicted octanol–water partition coefficient (Wildman–Crippen LogP) is 3.08. The fraction of sp³-hybridized carbons (Fsp3) is 0.200. The monoisotopic (exact) mass is 216 g/mol. The molecule has 70 valence electrons. The van der Waals surface area contributed by atoms with Crippen LogP contribution in [0.25, 0.3) is 0 Å². The highest BCUT2D eigenvalue weighted by Gasteiger charge is 2.10. The lowest BCUT2D eigenvalue weighted by atomic mass is 10.1. The van der Waals surface area contributed by atoms with Gasteiger partial charge in [-0.25, -0.2) is 0 Å². The summed E-state index contributed by atoms with van der Waals surface area (Å²) in [6.45, 7) is -0.0884. The van der Waals surface area contributed by atoms with Crippen LogP contribution in [-0.4, -0.2) is 11.7 Å². The Bertz CT molecular complexity index is 282. The van der Waals surface area contributed by atoms with Crippen LogP contribution in [-0.2, 0) is 0 Å². The van der Waals surface area contributed by atoms with E-state index in [1.165, 1.54) is 6.08 Å². The predicted molar refractivity (Wildman–Crippen MR) is 56.1 cm³/mol. The van der Waals surface area contributed by atoms with Crippen molar-refractivity contribution >= 4 is 23.2 Å². The summed E-state index contributed by atoms with van der Waals surface area (Å²) in [7, 11) is 0. The number of hydrogen-bond acceptors (Lipinski definition) is 1. The van der Waals surface area contributed by atoms with E-state index in [-0.39, 0.29) is 12.0 Å². The molecule has 0 aliphatic rings. The minimum absolute atomic E-state index is 0.0884. The van der Waals surface area contributed by atoms with Gasteiger partial charge in [0.15, 0.2) is 0 Å². The van der Waals surface area contributed by atoms with Crippen molar-refractivity contribution in [2.24, 2.45) is 0 Å². The number of benzene rings is 1. The standard InChI is InChI=1S/C10H10Cl2O/c11-9(6-7-13)10(12)8-4-2-1-3-5-8/h1-6,10,13H,7H2. The molecule has 0 aliphatic heterocycles. The third-order valence-electron chi connectivity index (χ3n) is 1.62. The molecule has 1 unspecified atom stereocenters. The minimum atomic E-state index is -0.366. The molecule has 3 heteroatoms. The smallest absolute Gasteiger partial charge is 0.0939 e. The van der Waals surface area contributed by atoms with Crippen LogP contribution in [0.3, 0.4) is 0 Å². The summed E-state index contributed by atoms with van der Waals surface area (Å²) in [6.07, 6.45) is 1.49. The van der Waals surface area contributed by atoms with Gasteiger partial charge >= 0.3 is 0 Å². The zero-order valence-corrected chi connectivity index (χ0v) is 8.46. The molecule has 0 saturated heterocycles. The normalized spacial score (nSPS) is 14.2. The van der Waals surface area contributed by atoms with E-state index < -0.39 is 0 Å². The number of alkyl halides is 1. The third kappa shape index (κ3) is 3.03. The van der Waals surface area contributed by atoms with Crippen molar-refractivity contribution in [3.63, 3.8) is 0 Å². The van der Waals surface area contributed by atoms with Gasteiger partial charge in [-0.1, -0.05) is 41.9 Å². The van der Waals surface area contributed by atoms with Crippen LogP contribution in [0.2, 0.25) is 0 Å². The summed E-state index contributed by atoms with van der Waals surface area (Å²) >= 11 is 11.9. The molecule has 1 nitrogen and oxygen atoms in total. The lowest BCUT2D eigenvalue weighted by Crippen LogP contribution is -1.90. The van der Waals surface area contributed by atoms with Crippen molar-refractivity contribution in [3.05, 3.63) is 47.0 Å². The maximum Gasteiger partial charge on any atom is 0.0939 e. The molecule has 1 N–H and O–H groups in total. The van der Waals surface area contributed by atoms with E-state index >= 15 is 0 Å². The van der Waals surface area contributed by atoms with Gasteiger partial charge in [-0.15, -0.1) is 11.6 Å². The molecular weight excluding hydrogens is 207 g/mol. The Kier molecular flexibility index (Phi) is 4.29. The van der Waals surface area contributed by atoms with Crippen molar-refractivity contribution in [1.82, 2.24) is 0 Å². The first kappa shape index (κ1) is 10.6. The average Bonchev–Trinajstić information content (AvgIpc) is 2.18. The summed E-state index contributed by atoms with van der Waals surface area (Å²) in [5.74, 6) is 0. The Morgan fingerprint density at radius 2 is 2.00 bits per heavy atom. The van der Waals surface area contributed by atoms with Gasteiger partial charge in [-0.05, 0) is 11.6 Å². The SMILES string of the molecule is OCC=C(Cl)C(Cl)c1ccccc1. The Hall–Kier alpha value is -0.500. The van der Waals surface area contributed by atoms with Gasteiger partial charge < -0.3 is 5.11 Å². The third-order valence-corrected chi connectivity index (χ3v) is 2.59. The lowest BCUT2D eigenvalue weighted by Gasteiger charge is -2.07. The van der Waals surface area contributed by atoms with Crippen molar-refractivity contribution in [2.45, 2.75) is 5.38 Å². The van der Waals surface area contributed by atoms with Gasteiger partial charge in [0, 0.05) is 5.03 Å².